The van der Waals surface area contributed by atoms with Crippen molar-refractivity contribution in [2.75, 3.05) is 50.8 Å². The summed E-state index contributed by atoms with van der Waals surface area (Å²) in [7, 11) is 0. The van der Waals surface area contributed by atoms with Gasteiger partial charge >= 0.3 is 0 Å². The molecule has 7 nitrogen and oxygen atoms in total. The van der Waals surface area contributed by atoms with Gasteiger partial charge in [0.1, 0.15) is 11.5 Å². The Morgan fingerprint density at radius 3 is 2.17 bits per heavy atom. The number of piperazine rings is 1. The van der Waals surface area contributed by atoms with Crippen molar-refractivity contribution < 1.29 is 19.1 Å². The summed E-state index contributed by atoms with van der Waals surface area (Å²) in [5.74, 6) is 0.984. The highest BCUT2D eigenvalue weighted by atomic mass is 16.5. The number of benzene rings is 2. The van der Waals surface area contributed by atoms with Gasteiger partial charge in [0, 0.05) is 26.2 Å². The first-order chi connectivity index (χ1) is 14.6. The molecule has 1 aliphatic heterocycles. The molecule has 2 aromatic carbocycles. The molecule has 0 bridgehead atoms. The lowest BCUT2D eigenvalue weighted by atomic mass is 10.2. The number of carbonyl (C=O) groups excluding carboxylic acids is 2. The lowest BCUT2D eigenvalue weighted by molar-refractivity contribution is -0.130. The molecule has 30 heavy (non-hydrogen) atoms. The van der Waals surface area contributed by atoms with Gasteiger partial charge in [0.15, 0.2) is 0 Å². The first kappa shape index (κ1) is 21.5. The zero-order valence-electron chi connectivity index (χ0n) is 17.6. The minimum Gasteiger partial charge on any atom is -0.493 e. The summed E-state index contributed by atoms with van der Waals surface area (Å²) in [6, 6.07) is 15.0. The molecule has 160 valence electrons. The number of carbonyl (C=O) groups is 2. The third kappa shape index (κ3) is 5.23. The van der Waals surface area contributed by atoms with Crippen molar-refractivity contribution in [2.24, 2.45) is 0 Å². The second-order valence-electron chi connectivity index (χ2n) is 6.88. The predicted molar refractivity (Wildman–Crippen MR) is 116 cm³/mol. The Morgan fingerprint density at radius 1 is 0.867 bits per heavy atom. The van der Waals surface area contributed by atoms with Crippen LogP contribution in [0.1, 0.15) is 24.2 Å². The van der Waals surface area contributed by atoms with Crippen LogP contribution in [0.3, 0.4) is 0 Å². The van der Waals surface area contributed by atoms with E-state index in [1.165, 1.54) is 0 Å². The molecule has 3 rings (SSSR count). The molecule has 1 N–H and O–H groups in total. The van der Waals surface area contributed by atoms with E-state index >= 15 is 0 Å². The van der Waals surface area contributed by atoms with Crippen LogP contribution in [0.25, 0.3) is 0 Å². The molecular weight excluding hydrogens is 382 g/mol. The molecule has 1 saturated heterocycles. The average molecular weight is 412 g/mol. The zero-order chi connectivity index (χ0) is 21.3. The van der Waals surface area contributed by atoms with Crippen molar-refractivity contribution in [3.63, 3.8) is 0 Å². The van der Waals surface area contributed by atoms with Gasteiger partial charge < -0.3 is 24.6 Å². The summed E-state index contributed by atoms with van der Waals surface area (Å²) in [4.78, 5) is 29.1. The van der Waals surface area contributed by atoms with Crippen LogP contribution in [0, 0.1) is 0 Å². The molecule has 2 amide bonds. The number of hydrogen-bond acceptors (Lipinski definition) is 5. The van der Waals surface area contributed by atoms with E-state index in [0.717, 1.165) is 24.5 Å². The number of nitrogens with zero attached hydrogens (tertiary/aromatic N) is 2. The fourth-order valence-corrected chi connectivity index (χ4v) is 3.49. The van der Waals surface area contributed by atoms with Crippen LogP contribution in [-0.4, -0.2) is 62.7 Å². The maximum absolute atomic E-state index is 12.6. The van der Waals surface area contributed by atoms with E-state index in [0.29, 0.717) is 37.6 Å². The summed E-state index contributed by atoms with van der Waals surface area (Å²) >= 11 is 0. The van der Waals surface area contributed by atoms with E-state index < -0.39 is 0 Å². The van der Waals surface area contributed by atoms with Crippen molar-refractivity contribution >= 4 is 17.5 Å². The van der Waals surface area contributed by atoms with Gasteiger partial charge in [-0.25, -0.2) is 0 Å². The van der Waals surface area contributed by atoms with Crippen molar-refractivity contribution in [2.45, 2.75) is 13.8 Å². The molecule has 0 aromatic heterocycles. The Kier molecular flexibility index (Phi) is 7.54. The van der Waals surface area contributed by atoms with Crippen LogP contribution < -0.4 is 19.7 Å². The molecule has 0 radical (unpaired) electrons. The Hall–Kier alpha value is -3.22. The highest BCUT2D eigenvalue weighted by Crippen LogP contribution is 2.28. The number of amides is 2. The first-order valence-corrected chi connectivity index (χ1v) is 10.4. The summed E-state index contributed by atoms with van der Waals surface area (Å²) in [5, 5.41) is 2.72. The molecule has 0 spiro atoms. The number of para-hydroxylation sites is 3. The topological polar surface area (TPSA) is 71.1 Å². The van der Waals surface area contributed by atoms with Gasteiger partial charge in [0.25, 0.3) is 5.91 Å². The highest BCUT2D eigenvalue weighted by Gasteiger charge is 2.23. The third-order valence-electron chi connectivity index (χ3n) is 4.97. The molecule has 0 aliphatic carbocycles. The van der Waals surface area contributed by atoms with Crippen molar-refractivity contribution in [1.29, 1.82) is 0 Å². The van der Waals surface area contributed by atoms with E-state index in [-0.39, 0.29) is 18.4 Å². The normalized spacial score (nSPS) is 13.7. The third-order valence-corrected chi connectivity index (χ3v) is 4.97. The second-order valence-corrected chi connectivity index (χ2v) is 6.88. The number of nitrogens with one attached hydrogen (secondary N) is 1. The predicted octanol–water partition coefficient (Wildman–Crippen LogP) is 2.56. The van der Waals surface area contributed by atoms with E-state index in [4.69, 9.17) is 9.47 Å². The maximum Gasteiger partial charge on any atom is 0.255 e. The second kappa shape index (κ2) is 10.5. The summed E-state index contributed by atoms with van der Waals surface area (Å²) in [5.41, 5.74) is 1.48. The van der Waals surface area contributed by atoms with Crippen molar-refractivity contribution in [3.8, 4) is 11.5 Å². The van der Waals surface area contributed by atoms with E-state index in [1.54, 1.807) is 23.1 Å². The Bertz CT molecular complexity index is 863. The highest BCUT2D eigenvalue weighted by molar-refractivity contribution is 5.98. The minimum absolute atomic E-state index is 0.0329. The van der Waals surface area contributed by atoms with Gasteiger partial charge in [0.2, 0.25) is 5.91 Å². The minimum atomic E-state index is -0.309. The maximum atomic E-state index is 12.6. The van der Waals surface area contributed by atoms with Gasteiger partial charge in [-0.1, -0.05) is 24.3 Å². The first-order valence-electron chi connectivity index (χ1n) is 10.4. The summed E-state index contributed by atoms with van der Waals surface area (Å²) in [6.07, 6.45) is 0. The van der Waals surface area contributed by atoms with Gasteiger partial charge in [-0.15, -0.1) is 0 Å². The quantitative estimate of drug-likeness (QED) is 0.723. The molecule has 1 heterocycles. The number of anilines is 1. The lowest BCUT2D eigenvalue weighted by Crippen LogP contribution is -2.51. The lowest BCUT2D eigenvalue weighted by Gasteiger charge is -2.36. The van der Waals surface area contributed by atoms with Crippen LogP contribution in [0.4, 0.5) is 5.69 Å². The smallest absolute Gasteiger partial charge is 0.255 e. The number of ether oxygens (including phenoxy) is 2. The van der Waals surface area contributed by atoms with Gasteiger partial charge in [-0.2, -0.15) is 0 Å². The Morgan fingerprint density at radius 2 is 1.47 bits per heavy atom. The van der Waals surface area contributed by atoms with E-state index in [9.17, 15) is 9.59 Å². The van der Waals surface area contributed by atoms with E-state index in [2.05, 4.69) is 10.2 Å². The number of hydrogen-bond donors (Lipinski definition) is 1. The Balaban J connectivity index is 1.52. The van der Waals surface area contributed by atoms with Crippen LogP contribution in [0.2, 0.25) is 0 Å². The van der Waals surface area contributed by atoms with Crippen LogP contribution in [0.15, 0.2) is 48.5 Å². The van der Waals surface area contributed by atoms with Crippen LogP contribution in [0.5, 0.6) is 11.5 Å². The molecular formula is C23H29N3O4. The molecule has 1 aliphatic rings. The van der Waals surface area contributed by atoms with Gasteiger partial charge in [0.05, 0.1) is 31.0 Å². The van der Waals surface area contributed by atoms with Crippen molar-refractivity contribution in [3.05, 3.63) is 54.1 Å². The molecule has 0 saturated carbocycles. The Labute approximate surface area is 177 Å². The average Bonchev–Trinajstić information content (AvgIpc) is 2.78. The summed E-state index contributed by atoms with van der Waals surface area (Å²) < 4.78 is 11.2. The zero-order valence-corrected chi connectivity index (χ0v) is 17.6. The van der Waals surface area contributed by atoms with Gasteiger partial charge in [-0.05, 0) is 38.1 Å². The largest absolute Gasteiger partial charge is 0.493 e. The molecule has 1 fully saturated rings. The molecule has 7 heteroatoms. The van der Waals surface area contributed by atoms with Crippen molar-refractivity contribution in [1.82, 2.24) is 10.2 Å². The SMILES string of the molecule is CCOc1ccccc1C(=O)NCC(=O)N1CCN(c2ccccc2OCC)CC1. The van der Waals surface area contributed by atoms with E-state index in [1.807, 2.05) is 44.2 Å². The van der Waals surface area contributed by atoms with Gasteiger partial charge in [-0.3, -0.25) is 9.59 Å². The fourth-order valence-electron chi connectivity index (χ4n) is 3.49. The monoisotopic (exact) mass is 411 g/mol. The molecule has 2 aromatic rings. The molecule has 0 atom stereocenters. The standard InChI is InChI=1S/C23H29N3O4/c1-3-29-20-11-7-5-9-18(20)23(28)24-17-22(27)26-15-13-25(14-16-26)19-10-6-8-12-21(19)30-4-2/h5-12H,3-4,13-17H2,1-2H3,(H,24,28). The summed E-state index contributed by atoms with van der Waals surface area (Å²) in [6.45, 7) is 7.53. The number of rotatable bonds is 8. The van der Waals surface area contributed by atoms with Crippen LogP contribution >= 0.6 is 0 Å². The van der Waals surface area contributed by atoms with Crippen LogP contribution in [-0.2, 0) is 4.79 Å². The molecule has 0 unspecified atom stereocenters. The fraction of sp³-hybridized carbons (Fsp3) is 0.391.